The summed E-state index contributed by atoms with van der Waals surface area (Å²) in [5, 5.41) is 20.4. The average molecular weight is 374 g/mol. The average Bonchev–Trinajstić information content (AvgIpc) is 2.64. The van der Waals surface area contributed by atoms with E-state index in [-0.39, 0.29) is 0 Å². The fourth-order valence-electron chi connectivity index (χ4n) is 3.35. The number of carbonyl (C=O) groups is 1. The van der Waals surface area contributed by atoms with Gasteiger partial charge in [0.2, 0.25) is 0 Å². The Morgan fingerprint density at radius 2 is 1.79 bits per heavy atom. The van der Waals surface area contributed by atoms with Crippen LogP contribution in [0.25, 0.3) is 22.0 Å². The number of hydrogen-bond donors (Lipinski definition) is 1. The number of aryl methyl sites for hydroxylation is 1. The minimum absolute atomic E-state index is 0.472. The second-order valence-electron chi connectivity index (χ2n) is 7.61. The van der Waals surface area contributed by atoms with Crippen molar-refractivity contribution < 1.29 is 14.6 Å². The van der Waals surface area contributed by atoms with Gasteiger partial charge in [-0.15, -0.1) is 0 Å². The van der Waals surface area contributed by atoms with E-state index in [0.29, 0.717) is 27.9 Å². The Labute approximate surface area is 164 Å². The molecule has 142 valence electrons. The molecule has 1 aromatic heterocycles. The van der Waals surface area contributed by atoms with Crippen LogP contribution < -0.4 is 0 Å². The van der Waals surface area contributed by atoms with Crippen molar-refractivity contribution in [2.45, 2.75) is 39.4 Å². The number of para-hydroxylation sites is 1. The molecule has 0 aliphatic heterocycles. The van der Waals surface area contributed by atoms with E-state index in [0.717, 1.165) is 10.9 Å². The molecule has 1 N–H and O–H groups in total. The number of hydrogen-bond acceptors (Lipinski definition) is 4. The van der Waals surface area contributed by atoms with Gasteiger partial charge in [0.1, 0.15) is 0 Å². The molecule has 1 unspecified atom stereocenters. The zero-order valence-corrected chi connectivity index (χ0v) is 16.4. The highest BCUT2D eigenvalue weighted by molar-refractivity contribution is 5.99. The Balaban J connectivity index is 2.45. The molecule has 1 atom stereocenters. The van der Waals surface area contributed by atoms with Gasteiger partial charge in [-0.3, -0.25) is 4.98 Å². The van der Waals surface area contributed by atoms with E-state index in [9.17, 15) is 15.2 Å². The van der Waals surface area contributed by atoms with Gasteiger partial charge in [-0.05, 0) is 39.8 Å². The molecule has 0 aliphatic carbocycles. The van der Waals surface area contributed by atoms with E-state index in [2.05, 4.69) is 11.1 Å². The number of rotatable bonds is 4. The van der Waals surface area contributed by atoms with E-state index in [4.69, 9.17) is 4.74 Å². The molecule has 0 amide bonds. The van der Waals surface area contributed by atoms with Crippen molar-refractivity contribution in [2.75, 3.05) is 0 Å². The molecule has 1 heterocycles. The largest absolute Gasteiger partial charge is 0.479 e. The third-order valence-electron chi connectivity index (χ3n) is 4.40. The predicted octanol–water partition coefficient (Wildman–Crippen LogP) is 5.02. The maximum Gasteiger partial charge on any atom is 0.337 e. The van der Waals surface area contributed by atoms with Gasteiger partial charge in [0.05, 0.1) is 22.8 Å². The number of benzene rings is 2. The highest BCUT2D eigenvalue weighted by atomic mass is 16.5. The molecule has 0 spiro atoms. The SMILES string of the molecule is Cc1nc2ccccc2c(-c2ccccc2C#N)c1C(OC(C)(C)C)C(=O)O. The first-order chi connectivity index (χ1) is 13.2. The fourth-order valence-corrected chi connectivity index (χ4v) is 3.35. The third kappa shape index (κ3) is 3.73. The molecule has 28 heavy (non-hydrogen) atoms. The maximum atomic E-state index is 12.2. The van der Waals surface area contributed by atoms with Crippen molar-refractivity contribution in [1.29, 1.82) is 5.26 Å². The van der Waals surface area contributed by atoms with Gasteiger partial charge < -0.3 is 9.84 Å². The second-order valence-corrected chi connectivity index (χ2v) is 7.61. The van der Waals surface area contributed by atoms with Crippen LogP contribution in [0.5, 0.6) is 0 Å². The molecular weight excluding hydrogens is 352 g/mol. The van der Waals surface area contributed by atoms with Gasteiger partial charge in [-0.25, -0.2) is 4.79 Å². The first kappa shape index (κ1) is 19.5. The van der Waals surface area contributed by atoms with E-state index in [1.54, 1.807) is 19.1 Å². The summed E-state index contributed by atoms with van der Waals surface area (Å²) < 4.78 is 5.93. The van der Waals surface area contributed by atoms with E-state index in [1.807, 2.05) is 57.2 Å². The first-order valence-electron chi connectivity index (χ1n) is 9.02. The van der Waals surface area contributed by atoms with Crippen LogP contribution in [-0.4, -0.2) is 21.7 Å². The fraction of sp³-hybridized carbons (Fsp3) is 0.261. The van der Waals surface area contributed by atoms with Crippen molar-refractivity contribution in [3.05, 3.63) is 65.4 Å². The quantitative estimate of drug-likeness (QED) is 0.693. The van der Waals surface area contributed by atoms with Crippen LogP contribution in [0.2, 0.25) is 0 Å². The van der Waals surface area contributed by atoms with Crippen LogP contribution in [0.3, 0.4) is 0 Å². The molecule has 0 radical (unpaired) electrons. The molecule has 0 bridgehead atoms. The zero-order valence-electron chi connectivity index (χ0n) is 16.4. The van der Waals surface area contributed by atoms with Crippen LogP contribution in [0.15, 0.2) is 48.5 Å². The lowest BCUT2D eigenvalue weighted by molar-refractivity contribution is -0.160. The lowest BCUT2D eigenvalue weighted by Crippen LogP contribution is -2.28. The van der Waals surface area contributed by atoms with Gasteiger partial charge >= 0.3 is 5.97 Å². The van der Waals surface area contributed by atoms with E-state index < -0.39 is 17.7 Å². The summed E-state index contributed by atoms with van der Waals surface area (Å²) >= 11 is 0. The number of nitriles is 1. The molecule has 5 nitrogen and oxygen atoms in total. The smallest absolute Gasteiger partial charge is 0.337 e. The highest BCUT2D eigenvalue weighted by Gasteiger charge is 2.32. The zero-order chi connectivity index (χ0) is 20.5. The Bertz CT molecular complexity index is 1090. The molecular formula is C23H22N2O3. The lowest BCUT2D eigenvalue weighted by Gasteiger charge is -2.28. The Hall–Kier alpha value is -3.23. The molecule has 2 aromatic carbocycles. The normalized spacial score (nSPS) is 12.5. The molecule has 3 aromatic rings. The first-order valence-corrected chi connectivity index (χ1v) is 9.02. The van der Waals surface area contributed by atoms with Crippen LogP contribution in [-0.2, 0) is 9.53 Å². The van der Waals surface area contributed by atoms with Crippen molar-refractivity contribution in [2.24, 2.45) is 0 Å². The second kappa shape index (κ2) is 7.41. The summed E-state index contributed by atoms with van der Waals surface area (Å²) in [4.78, 5) is 16.8. The summed E-state index contributed by atoms with van der Waals surface area (Å²) in [6.07, 6.45) is -1.21. The summed E-state index contributed by atoms with van der Waals surface area (Å²) in [5.41, 5.74) is 2.93. The number of aromatic nitrogens is 1. The number of ether oxygens (including phenoxy) is 1. The molecule has 0 fully saturated rings. The van der Waals surface area contributed by atoms with Crippen molar-refractivity contribution in [1.82, 2.24) is 4.98 Å². The lowest BCUT2D eigenvalue weighted by atomic mass is 9.89. The highest BCUT2D eigenvalue weighted by Crippen LogP contribution is 2.40. The molecule has 0 aliphatic rings. The summed E-state index contributed by atoms with van der Waals surface area (Å²) in [6.45, 7) is 7.23. The van der Waals surface area contributed by atoms with Crippen LogP contribution >= 0.6 is 0 Å². The number of pyridine rings is 1. The van der Waals surface area contributed by atoms with Crippen molar-refractivity contribution >= 4 is 16.9 Å². The van der Waals surface area contributed by atoms with Crippen LogP contribution in [0.4, 0.5) is 0 Å². The number of nitrogens with zero attached hydrogens (tertiary/aromatic N) is 2. The molecule has 3 rings (SSSR count). The Kier molecular flexibility index (Phi) is 5.17. The van der Waals surface area contributed by atoms with Gasteiger partial charge in [0, 0.05) is 27.8 Å². The minimum Gasteiger partial charge on any atom is -0.479 e. The third-order valence-corrected chi connectivity index (χ3v) is 4.40. The minimum atomic E-state index is -1.21. The number of fused-ring (bicyclic) bond motifs is 1. The topological polar surface area (TPSA) is 83.2 Å². The standard InChI is InChI=1S/C23H22N2O3/c1-14-19(21(22(26)27)28-23(2,3)4)20(16-10-6-5-9-15(16)13-24)17-11-7-8-12-18(17)25-14/h5-12,21H,1-4H3,(H,26,27). The Morgan fingerprint density at radius 3 is 2.43 bits per heavy atom. The van der Waals surface area contributed by atoms with E-state index in [1.165, 1.54) is 0 Å². The van der Waals surface area contributed by atoms with Gasteiger partial charge in [-0.1, -0.05) is 36.4 Å². The number of carboxylic acids is 1. The Morgan fingerprint density at radius 1 is 1.14 bits per heavy atom. The van der Waals surface area contributed by atoms with Crippen LogP contribution in [0.1, 0.15) is 43.7 Å². The summed E-state index contributed by atoms with van der Waals surface area (Å²) in [7, 11) is 0. The molecule has 5 heteroatoms. The maximum absolute atomic E-state index is 12.2. The number of aliphatic carboxylic acids is 1. The van der Waals surface area contributed by atoms with Crippen molar-refractivity contribution in [3.8, 4) is 17.2 Å². The van der Waals surface area contributed by atoms with Crippen molar-refractivity contribution in [3.63, 3.8) is 0 Å². The number of carboxylic acid groups (broad SMARTS) is 1. The monoisotopic (exact) mass is 374 g/mol. The summed E-state index contributed by atoms with van der Waals surface area (Å²) in [5.74, 6) is -1.09. The van der Waals surface area contributed by atoms with Crippen LogP contribution in [0, 0.1) is 18.3 Å². The summed E-state index contributed by atoms with van der Waals surface area (Å²) in [6, 6.07) is 16.9. The molecule has 0 saturated carbocycles. The molecule has 0 saturated heterocycles. The predicted molar refractivity (Wildman–Crippen MR) is 108 cm³/mol. The van der Waals surface area contributed by atoms with E-state index >= 15 is 0 Å². The van der Waals surface area contributed by atoms with Gasteiger partial charge in [0.25, 0.3) is 0 Å². The van der Waals surface area contributed by atoms with Gasteiger partial charge in [0.15, 0.2) is 6.10 Å². The van der Waals surface area contributed by atoms with Gasteiger partial charge in [-0.2, -0.15) is 5.26 Å².